The van der Waals surface area contributed by atoms with Crippen molar-refractivity contribution in [1.82, 2.24) is 9.97 Å². The van der Waals surface area contributed by atoms with Crippen LogP contribution in [0.4, 0.5) is 0 Å². The third-order valence-corrected chi connectivity index (χ3v) is 3.51. The molecular weight excluding hydrogens is 244 g/mol. The fourth-order valence-electron chi connectivity index (χ4n) is 2.14. The Kier molecular flexibility index (Phi) is 4.67. The standard InChI is InChI=1S/C18H22N2/c1-5-13(4)8-9-14-10-11-17-18(12-14)20-16(7-3)15(6-2)19-17/h5,8-12H,6-7H2,1-4H3/b9-8+,13-5+. The van der Waals surface area contributed by atoms with Crippen molar-refractivity contribution in [3.8, 4) is 0 Å². The molecular formula is C18H22N2. The molecule has 1 heterocycles. The summed E-state index contributed by atoms with van der Waals surface area (Å²) < 4.78 is 0. The second-order valence-corrected chi connectivity index (χ2v) is 4.94. The Balaban J connectivity index is 2.46. The van der Waals surface area contributed by atoms with Crippen LogP contribution in [-0.4, -0.2) is 9.97 Å². The van der Waals surface area contributed by atoms with Gasteiger partial charge in [0, 0.05) is 0 Å². The average Bonchev–Trinajstić information content (AvgIpc) is 2.50. The van der Waals surface area contributed by atoms with Crippen LogP contribution in [0.3, 0.4) is 0 Å². The Morgan fingerprint density at radius 3 is 2.30 bits per heavy atom. The molecule has 20 heavy (non-hydrogen) atoms. The van der Waals surface area contributed by atoms with E-state index in [1.165, 1.54) is 11.1 Å². The normalized spacial score (nSPS) is 12.5. The molecule has 0 N–H and O–H groups in total. The highest BCUT2D eigenvalue weighted by Gasteiger charge is 2.05. The summed E-state index contributed by atoms with van der Waals surface area (Å²) >= 11 is 0. The predicted molar refractivity (Wildman–Crippen MR) is 86.8 cm³/mol. The van der Waals surface area contributed by atoms with E-state index in [0.29, 0.717) is 0 Å². The van der Waals surface area contributed by atoms with Crippen molar-refractivity contribution in [2.24, 2.45) is 0 Å². The van der Waals surface area contributed by atoms with Gasteiger partial charge in [-0.2, -0.15) is 0 Å². The van der Waals surface area contributed by atoms with Gasteiger partial charge in [-0.05, 0) is 44.4 Å². The van der Waals surface area contributed by atoms with Crippen molar-refractivity contribution in [2.75, 3.05) is 0 Å². The number of hydrogen-bond donors (Lipinski definition) is 0. The summed E-state index contributed by atoms with van der Waals surface area (Å²) in [6.07, 6.45) is 8.21. The molecule has 0 saturated carbocycles. The van der Waals surface area contributed by atoms with E-state index in [0.717, 1.165) is 35.3 Å². The van der Waals surface area contributed by atoms with Crippen LogP contribution >= 0.6 is 0 Å². The maximum absolute atomic E-state index is 4.76. The summed E-state index contributed by atoms with van der Waals surface area (Å²) in [6, 6.07) is 6.27. The smallest absolute Gasteiger partial charge is 0.0896 e. The molecule has 0 radical (unpaired) electrons. The molecule has 0 unspecified atom stereocenters. The minimum Gasteiger partial charge on any atom is -0.249 e. The zero-order valence-corrected chi connectivity index (χ0v) is 12.8. The maximum atomic E-state index is 4.76. The van der Waals surface area contributed by atoms with Crippen molar-refractivity contribution in [2.45, 2.75) is 40.5 Å². The van der Waals surface area contributed by atoms with Gasteiger partial charge in [0.15, 0.2) is 0 Å². The minimum absolute atomic E-state index is 0.934. The first-order valence-electron chi connectivity index (χ1n) is 7.28. The Morgan fingerprint density at radius 2 is 1.70 bits per heavy atom. The van der Waals surface area contributed by atoms with Crippen LogP contribution in [0.15, 0.2) is 35.9 Å². The molecule has 104 valence electrons. The summed E-state index contributed by atoms with van der Waals surface area (Å²) in [5.74, 6) is 0. The van der Waals surface area contributed by atoms with Crippen molar-refractivity contribution in [3.63, 3.8) is 0 Å². The molecule has 0 saturated heterocycles. The zero-order valence-electron chi connectivity index (χ0n) is 12.8. The summed E-state index contributed by atoms with van der Waals surface area (Å²) in [5, 5.41) is 0. The highest BCUT2D eigenvalue weighted by molar-refractivity contribution is 5.78. The fourth-order valence-corrected chi connectivity index (χ4v) is 2.14. The second kappa shape index (κ2) is 6.47. The molecule has 0 bridgehead atoms. The third-order valence-electron chi connectivity index (χ3n) is 3.51. The predicted octanol–water partition coefficient (Wildman–Crippen LogP) is 4.73. The number of rotatable bonds is 4. The number of allylic oxidation sites excluding steroid dienone is 3. The lowest BCUT2D eigenvalue weighted by atomic mass is 10.1. The average molecular weight is 266 g/mol. The van der Waals surface area contributed by atoms with Crippen LogP contribution in [0.2, 0.25) is 0 Å². The van der Waals surface area contributed by atoms with Gasteiger partial charge < -0.3 is 0 Å². The van der Waals surface area contributed by atoms with Gasteiger partial charge in [-0.25, -0.2) is 9.97 Å². The number of aromatic nitrogens is 2. The van der Waals surface area contributed by atoms with Gasteiger partial charge in [0.2, 0.25) is 0 Å². The lowest BCUT2D eigenvalue weighted by Crippen LogP contribution is -2.00. The van der Waals surface area contributed by atoms with E-state index in [1.54, 1.807) is 0 Å². The van der Waals surface area contributed by atoms with Crippen LogP contribution < -0.4 is 0 Å². The van der Waals surface area contributed by atoms with Gasteiger partial charge in [-0.1, -0.05) is 43.7 Å². The van der Waals surface area contributed by atoms with Gasteiger partial charge in [-0.15, -0.1) is 0 Å². The van der Waals surface area contributed by atoms with Gasteiger partial charge in [0.25, 0.3) is 0 Å². The molecule has 2 aromatic rings. The summed E-state index contributed by atoms with van der Waals surface area (Å²) in [4.78, 5) is 9.48. The highest BCUT2D eigenvalue weighted by atomic mass is 14.8. The lowest BCUT2D eigenvalue weighted by Gasteiger charge is -2.07. The van der Waals surface area contributed by atoms with Crippen molar-refractivity contribution in [3.05, 3.63) is 52.9 Å². The summed E-state index contributed by atoms with van der Waals surface area (Å²) in [7, 11) is 0. The highest BCUT2D eigenvalue weighted by Crippen LogP contribution is 2.17. The Bertz CT molecular complexity index is 666. The van der Waals surface area contributed by atoms with Crippen LogP contribution in [0.25, 0.3) is 17.1 Å². The molecule has 2 heteroatoms. The fraction of sp³-hybridized carbons (Fsp3) is 0.333. The molecule has 2 rings (SSSR count). The van der Waals surface area contributed by atoms with E-state index in [-0.39, 0.29) is 0 Å². The molecule has 0 spiro atoms. The second-order valence-electron chi connectivity index (χ2n) is 4.94. The molecule has 0 aliphatic carbocycles. The third kappa shape index (κ3) is 3.13. The molecule has 1 aromatic carbocycles. The number of benzene rings is 1. The lowest BCUT2D eigenvalue weighted by molar-refractivity contribution is 0.930. The SMILES string of the molecule is C/C=C(C)/C=C/c1ccc2nc(CC)c(CC)nc2c1. The number of nitrogens with zero attached hydrogens (tertiary/aromatic N) is 2. The molecule has 0 aliphatic rings. The topological polar surface area (TPSA) is 25.8 Å². The van der Waals surface area contributed by atoms with Gasteiger partial charge >= 0.3 is 0 Å². The van der Waals surface area contributed by atoms with E-state index in [4.69, 9.17) is 9.97 Å². The van der Waals surface area contributed by atoms with Crippen molar-refractivity contribution < 1.29 is 0 Å². The van der Waals surface area contributed by atoms with Gasteiger partial charge in [0.1, 0.15) is 0 Å². The zero-order chi connectivity index (χ0) is 14.5. The van der Waals surface area contributed by atoms with Crippen molar-refractivity contribution >= 4 is 17.1 Å². The molecule has 0 fully saturated rings. The van der Waals surface area contributed by atoms with E-state index in [9.17, 15) is 0 Å². The minimum atomic E-state index is 0.934. The van der Waals surface area contributed by atoms with Crippen LogP contribution in [0.1, 0.15) is 44.6 Å². The number of hydrogen-bond acceptors (Lipinski definition) is 2. The Hall–Kier alpha value is -1.96. The first-order chi connectivity index (χ1) is 9.67. The molecule has 1 aromatic heterocycles. The van der Waals surface area contributed by atoms with Crippen LogP contribution in [0, 0.1) is 0 Å². The number of aryl methyl sites for hydroxylation is 2. The van der Waals surface area contributed by atoms with Crippen LogP contribution in [-0.2, 0) is 12.8 Å². The van der Waals surface area contributed by atoms with Crippen LogP contribution in [0.5, 0.6) is 0 Å². The first kappa shape index (κ1) is 14.4. The quantitative estimate of drug-likeness (QED) is 0.747. The summed E-state index contributed by atoms with van der Waals surface area (Å²) in [5.41, 5.74) is 6.63. The number of fused-ring (bicyclic) bond motifs is 1. The summed E-state index contributed by atoms with van der Waals surface area (Å²) in [6.45, 7) is 8.41. The Labute approximate surface area is 121 Å². The van der Waals surface area contributed by atoms with E-state index in [2.05, 4.69) is 57.2 Å². The maximum Gasteiger partial charge on any atom is 0.0896 e. The first-order valence-corrected chi connectivity index (χ1v) is 7.28. The van der Waals surface area contributed by atoms with Crippen molar-refractivity contribution in [1.29, 1.82) is 0 Å². The molecule has 0 atom stereocenters. The molecule has 0 aliphatic heterocycles. The molecule has 0 amide bonds. The molecule has 2 nitrogen and oxygen atoms in total. The van der Waals surface area contributed by atoms with E-state index >= 15 is 0 Å². The van der Waals surface area contributed by atoms with Gasteiger partial charge in [0.05, 0.1) is 22.4 Å². The van der Waals surface area contributed by atoms with E-state index in [1.807, 2.05) is 6.92 Å². The monoisotopic (exact) mass is 266 g/mol. The Morgan fingerprint density at radius 1 is 1.05 bits per heavy atom. The van der Waals surface area contributed by atoms with Gasteiger partial charge in [-0.3, -0.25) is 0 Å². The largest absolute Gasteiger partial charge is 0.249 e. The van der Waals surface area contributed by atoms with E-state index < -0.39 is 0 Å².